The van der Waals surface area contributed by atoms with Crippen LogP contribution >= 0.6 is 0 Å². The van der Waals surface area contributed by atoms with Crippen molar-refractivity contribution in [2.45, 2.75) is 74.1 Å². The summed E-state index contributed by atoms with van der Waals surface area (Å²) in [5.41, 5.74) is 7.28. The molecule has 0 bridgehead atoms. The van der Waals surface area contributed by atoms with Crippen LogP contribution in [0.25, 0.3) is 0 Å². The molecule has 15 nitrogen and oxygen atoms in total. The molecule has 264 valence electrons. The number of nitrogens with one attached hydrogen (secondary N) is 4. The highest BCUT2D eigenvalue weighted by Gasteiger charge is 2.35. The van der Waals surface area contributed by atoms with E-state index in [0.717, 1.165) is 18.4 Å². The van der Waals surface area contributed by atoms with Crippen molar-refractivity contribution in [3.63, 3.8) is 0 Å². The zero-order chi connectivity index (χ0) is 34.1. The number of hydrogen-bond acceptors (Lipinski definition) is 11. The summed E-state index contributed by atoms with van der Waals surface area (Å²) in [5, 5.41) is 30.6. The Morgan fingerprint density at radius 1 is 1.06 bits per heavy atom. The summed E-state index contributed by atoms with van der Waals surface area (Å²) in [6.07, 6.45) is 0.628. The summed E-state index contributed by atoms with van der Waals surface area (Å²) in [7, 11) is -4.25. The van der Waals surface area contributed by atoms with E-state index >= 15 is 0 Å². The van der Waals surface area contributed by atoms with Crippen molar-refractivity contribution in [1.82, 2.24) is 25.8 Å². The number of hydrazine groups is 1. The molecule has 48 heavy (non-hydrogen) atoms. The Hall–Kier alpha value is -3.51. The number of aliphatic hydroxyl groups excluding tert-OH is 2. The molecule has 0 aliphatic carbocycles. The maximum Gasteiger partial charge on any atom is 0.407 e. The van der Waals surface area contributed by atoms with Gasteiger partial charge >= 0.3 is 12.1 Å². The molecular formula is C32H46N6O9S. The summed E-state index contributed by atoms with van der Waals surface area (Å²) < 4.78 is 44.6. The maximum absolute atomic E-state index is 13.5. The van der Waals surface area contributed by atoms with Crippen molar-refractivity contribution in [2.75, 3.05) is 45.1 Å². The van der Waals surface area contributed by atoms with Crippen molar-refractivity contribution < 1.29 is 42.4 Å². The molecule has 3 saturated heterocycles. The number of nitrogens with zero attached hydrogens (tertiary/aromatic N) is 1. The molecule has 3 heterocycles. The Morgan fingerprint density at radius 2 is 1.81 bits per heavy atom. The highest BCUT2D eigenvalue weighted by atomic mass is 32.2. The van der Waals surface area contributed by atoms with E-state index in [4.69, 9.17) is 19.9 Å². The molecule has 3 fully saturated rings. The van der Waals surface area contributed by atoms with Gasteiger partial charge < -0.3 is 46.1 Å². The minimum absolute atomic E-state index is 0.0162. The normalized spacial score (nSPS) is 23.2. The Bertz CT molecular complexity index is 1470. The quantitative estimate of drug-likeness (QED) is 0.108. The van der Waals surface area contributed by atoms with E-state index in [-0.39, 0.29) is 80.1 Å². The predicted molar refractivity (Wildman–Crippen MR) is 175 cm³/mol. The second-order valence-electron chi connectivity index (χ2n) is 12.5. The molecule has 2 aromatic rings. The van der Waals surface area contributed by atoms with Crippen LogP contribution in [0.3, 0.4) is 0 Å². The van der Waals surface area contributed by atoms with Crippen LogP contribution in [0, 0.1) is 5.92 Å². The van der Waals surface area contributed by atoms with Gasteiger partial charge in [-0.2, -0.15) is 0 Å². The van der Waals surface area contributed by atoms with E-state index in [1.807, 2.05) is 30.3 Å². The van der Waals surface area contributed by atoms with Gasteiger partial charge in [-0.05, 0) is 42.5 Å². The Labute approximate surface area is 280 Å². The number of sulfonamides is 1. The molecule has 0 radical (unpaired) electrons. The zero-order valence-corrected chi connectivity index (χ0v) is 27.6. The van der Waals surface area contributed by atoms with Crippen molar-refractivity contribution in [1.29, 1.82) is 0 Å². The van der Waals surface area contributed by atoms with Gasteiger partial charge in [0, 0.05) is 51.5 Å². The maximum atomic E-state index is 13.5. The van der Waals surface area contributed by atoms with Gasteiger partial charge in [-0.1, -0.05) is 36.4 Å². The van der Waals surface area contributed by atoms with E-state index in [1.165, 1.54) is 23.2 Å². The SMILES string of the molecule is Nc1cc(CO)ccc1S(=O)(=O)NN(CC1CNC(=O)NC1)C[C@@H](O)[C@H](Cc1ccccc1)NC(=O)OC1CCO[C@@H]([C@@H]2CCCO2)C1. The molecular weight excluding hydrogens is 644 g/mol. The molecule has 3 aliphatic heterocycles. The van der Waals surface area contributed by atoms with Crippen LogP contribution in [-0.4, -0.2) is 106 Å². The first kappa shape index (κ1) is 35.8. The number of carbonyl (C=O) groups excluding carboxylic acids is 2. The van der Waals surface area contributed by atoms with Gasteiger partial charge in [0.05, 0.1) is 43.3 Å². The van der Waals surface area contributed by atoms with Crippen molar-refractivity contribution in [3.8, 4) is 0 Å². The number of nitrogen functional groups attached to an aromatic ring is 1. The smallest absolute Gasteiger partial charge is 0.407 e. The van der Waals surface area contributed by atoms with Gasteiger partial charge in [0.2, 0.25) is 0 Å². The van der Waals surface area contributed by atoms with Gasteiger partial charge in [-0.15, -0.1) is 4.83 Å². The summed E-state index contributed by atoms with van der Waals surface area (Å²) in [6, 6.07) is 12.2. The largest absolute Gasteiger partial charge is 0.446 e. The molecule has 5 atom stereocenters. The van der Waals surface area contributed by atoms with Crippen molar-refractivity contribution in [2.24, 2.45) is 5.92 Å². The molecule has 2 aromatic carbocycles. The number of anilines is 1. The number of alkyl carbamates (subject to hydrolysis) is 1. The molecule has 5 rings (SSSR count). The molecule has 0 aromatic heterocycles. The fourth-order valence-corrected chi connectivity index (χ4v) is 7.46. The summed E-state index contributed by atoms with van der Waals surface area (Å²) in [6.45, 7) is 1.27. The predicted octanol–water partition coefficient (Wildman–Crippen LogP) is 0.610. The Balaban J connectivity index is 1.30. The lowest BCUT2D eigenvalue weighted by Gasteiger charge is -2.34. The third kappa shape index (κ3) is 10.0. The van der Waals surface area contributed by atoms with Crippen LogP contribution in [0.15, 0.2) is 53.4 Å². The number of carbonyl (C=O) groups is 2. The second kappa shape index (κ2) is 16.7. The summed E-state index contributed by atoms with van der Waals surface area (Å²) in [5.74, 6) is -0.220. The van der Waals surface area contributed by atoms with Crippen molar-refractivity contribution in [3.05, 3.63) is 59.7 Å². The lowest BCUT2D eigenvalue weighted by atomic mass is 9.99. The van der Waals surface area contributed by atoms with Gasteiger partial charge in [0.15, 0.2) is 0 Å². The summed E-state index contributed by atoms with van der Waals surface area (Å²) >= 11 is 0. The van der Waals surface area contributed by atoms with Crippen molar-refractivity contribution >= 4 is 27.8 Å². The molecule has 0 saturated carbocycles. The second-order valence-corrected chi connectivity index (χ2v) is 14.1. The highest BCUT2D eigenvalue weighted by Crippen LogP contribution is 2.27. The molecule has 1 unspecified atom stereocenters. The standard InChI is InChI=1S/C32H46N6O9S/c33-25-13-22(20-39)8-9-30(25)48(43,44)37-38(18-23-16-34-31(41)35-17-23)19-27(40)26(14-21-5-2-1-3-6-21)36-32(42)47-24-10-12-46-29(15-24)28-7-4-11-45-28/h1-3,5-6,8-9,13,23-24,26-29,37,39-40H,4,7,10-12,14-20,33H2,(H,36,42)(H2,34,35,41)/t24?,26-,27+,28-,29+/m0/s1. The average Bonchev–Trinajstić information content (AvgIpc) is 3.61. The highest BCUT2D eigenvalue weighted by molar-refractivity contribution is 7.89. The van der Waals surface area contributed by atoms with Crippen LogP contribution in [-0.2, 0) is 37.3 Å². The minimum atomic E-state index is -4.25. The number of benzene rings is 2. The molecule has 3 amide bonds. The summed E-state index contributed by atoms with van der Waals surface area (Å²) in [4.78, 5) is 27.3. The average molecular weight is 691 g/mol. The van der Waals surface area contributed by atoms with E-state index in [2.05, 4.69) is 20.8 Å². The number of ether oxygens (including phenoxy) is 3. The van der Waals surface area contributed by atoms with E-state index in [0.29, 0.717) is 31.6 Å². The first-order valence-corrected chi connectivity index (χ1v) is 17.8. The first-order valence-electron chi connectivity index (χ1n) is 16.3. The van der Waals surface area contributed by atoms with Crippen LogP contribution in [0.2, 0.25) is 0 Å². The Kier molecular flexibility index (Phi) is 12.5. The zero-order valence-electron chi connectivity index (χ0n) is 26.8. The van der Waals surface area contributed by atoms with Gasteiger partial charge in [0.25, 0.3) is 10.0 Å². The van der Waals surface area contributed by atoms with Crippen LogP contribution in [0.5, 0.6) is 0 Å². The Morgan fingerprint density at radius 3 is 2.50 bits per heavy atom. The monoisotopic (exact) mass is 690 g/mol. The third-order valence-corrected chi connectivity index (χ3v) is 10.2. The molecule has 0 spiro atoms. The first-order chi connectivity index (χ1) is 23.1. The topological polar surface area (TPSA) is 214 Å². The molecule has 8 N–H and O–H groups in total. The fraction of sp³-hybridized carbons (Fsp3) is 0.562. The lowest BCUT2D eigenvalue weighted by molar-refractivity contribution is -0.104. The number of amides is 3. The fourth-order valence-electron chi connectivity index (χ4n) is 6.26. The van der Waals surface area contributed by atoms with Crippen LogP contribution < -0.4 is 26.5 Å². The number of aliphatic hydroxyl groups is 2. The number of hydrogen-bond donors (Lipinski definition) is 7. The van der Waals surface area contributed by atoms with Crippen LogP contribution in [0.1, 0.15) is 36.8 Å². The van der Waals surface area contributed by atoms with Crippen LogP contribution in [0.4, 0.5) is 15.3 Å². The minimum Gasteiger partial charge on any atom is -0.446 e. The van der Waals surface area contributed by atoms with E-state index < -0.39 is 28.3 Å². The lowest BCUT2D eigenvalue weighted by Crippen LogP contribution is -2.57. The third-order valence-electron chi connectivity index (χ3n) is 8.77. The molecule has 16 heteroatoms. The molecule has 3 aliphatic rings. The van der Waals surface area contributed by atoms with E-state index in [9.17, 15) is 28.2 Å². The van der Waals surface area contributed by atoms with Gasteiger partial charge in [-0.3, -0.25) is 0 Å². The number of rotatable bonds is 14. The van der Waals surface area contributed by atoms with E-state index in [1.54, 1.807) is 0 Å². The number of nitrogens with two attached hydrogens (primary N) is 1. The van der Waals surface area contributed by atoms with Gasteiger partial charge in [0.1, 0.15) is 11.0 Å². The number of urea groups is 1. The van der Waals surface area contributed by atoms with Gasteiger partial charge in [-0.25, -0.2) is 23.0 Å².